The highest BCUT2D eigenvalue weighted by Crippen LogP contribution is 2.57. The second-order valence-corrected chi connectivity index (χ2v) is 6.88. The molecule has 1 heterocycles. The van der Waals surface area contributed by atoms with Gasteiger partial charge in [-0.1, -0.05) is 6.42 Å². The largest absolute Gasteiger partial charge is 0.393 e. The van der Waals surface area contributed by atoms with Gasteiger partial charge in [0.2, 0.25) is 0 Å². The Hall–Kier alpha value is -0.0400. The zero-order chi connectivity index (χ0) is 14.0. The summed E-state index contributed by atoms with van der Waals surface area (Å²) < 4.78 is 0. The summed E-state index contributed by atoms with van der Waals surface area (Å²) in [5, 5.41) is 13.1. The molecule has 0 atom stereocenters. The van der Waals surface area contributed by atoms with Gasteiger partial charge >= 0.3 is 0 Å². The summed E-state index contributed by atoms with van der Waals surface area (Å²) in [5.74, 6) is 2.04. The molecule has 122 valence electrons. The summed E-state index contributed by atoms with van der Waals surface area (Å²) in [6, 6.07) is 0. The van der Waals surface area contributed by atoms with Gasteiger partial charge in [-0.15, -0.1) is 24.0 Å². The summed E-state index contributed by atoms with van der Waals surface area (Å²) in [6.07, 6.45) is 8.68. The Balaban J connectivity index is 0.00000161. The van der Waals surface area contributed by atoms with Gasteiger partial charge in [-0.2, -0.15) is 0 Å². The van der Waals surface area contributed by atoms with Crippen LogP contribution in [0.1, 0.15) is 51.9 Å². The van der Waals surface area contributed by atoms with Crippen molar-refractivity contribution in [2.24, 2.45) is 16.3 Å². The zero-order valence-corrected chi connectivity index (χ0v) is 15.5. The van der Waals surface area contributed by atoms with E-state index in [9.17, 15) is 5.11 Å². The highest BCUT2D eigenvalue weighted by atomic mass is 127. The van der Waals surface area contributed by atoms with E-state index >= 15 is 0 Å². The molecular weight excluding hydrogens is 377 g/mol. The maximum atomic E-state index is 9.64. The molecule has 0 spiro atoms. The highest BCUT2D eigenvalue weighted by molar-refractivity contribution is 14.0. The number of nitrogens with one attached hydrogen (secondary N) is 1. The van der Waals surface area contributed by atoms with Crippen LogP contribution in [0.25, 0.3) is 0 Å². The molecule has 5 heteroatoms. The van der Waals surface area contributed by atoms with Crippen molar-refractivity contribution in [2.75, 3.05) is 26.2 Å². The molecule has 21 heavy (non-hydrogen) atoms. The number of nitrogens with zero attached hydrogens (tertiary/aromatic N) is 2. The van der Waals surface area contributed by atoms with Gasteiger partial charge in [0, 0.05) is 26.2 Å². The summed E-state index contributed by atoms with van der Waals surface area (Å²) in [6.45, 7) is 5.94. The third-order valence-corrected chi connectivity index (χ3v) is 5.44. The molecule has 4 nitrogen and oxygen atoms in total. The van der Waals surface area contributed by atoms with Crippen molar-refractivity contribution in [3.63, 3.8) is 0 Å². The number of rotatable bonds is 4. The van der Waals surface area contributed by atoms with E-state index in [1.807, 2.05) is 0 Å². The second-order valence-electron chi connectivity index (χ2n) is 6.88. The van der Waals surface area contributed by atoms with E-state index < -0.39 is 0 Å². The monoisotopic (exact) mass is 407 g/mol. The lowest BCUT2D eigenvalue weighted by Gasteiger charge is -2.42. The Morgan fingerprint density at radius 3 is 2.38 bits per heavy atom. The van der Waals surface area contributed by atoms with Crippen LogP contribution in [0, 0.1) is 11.3 Å². The fourth-order valence-corrected chi connectivity index (χ4v) is 3.76. The Morgan fingerprint density at radius 2 is 1.90 bits per heavy atom. The maximum absolute atomic E-state index is 9.64. The zero-order valence-electron chi connectivity index (χ0n) is 13.2. The first kappa shape index (κ1) is 17.3. The number of guanidine groups is 1. The fraction of sp³-hybridized carbons (Fsp3) is 0.938. The topological polar surface area (TPSA) is 47.9 Å². The Kier molecular flexibility index (Phi) is 6.17. The number of hydrogen-bond donors (Lipinski definition) is 2. The number of hydrogen-bond acceptors (Lipinski definition) is 2. The van der Waals surface area contributed by atoms with E-state index in [4.69, 9.17) is 4.99 Å². The summed E-state index contributed by atoms with van der Waals surface area (Å²) in [7, 11) is 0. The summed E-state index contributed by atoms with van der Waals surface area (Å²) in [4.78, 5) is 7.30. The average molecular weight is 407 g/mol. The van der Waals surface area contributed by atoms with Crippen molar-refractivity contribution >= 4 is 29.9 Å². The van der Waals surface area contributed by atoms with Crippen molar-refractivity contribution < 1.29 is 5.11 Å². The molecule has 1 aliphatic heterocycles. The molecule has 0 amide bonds. The molecule has 0 bridgehead atoms. The van der Waals surface area contributed by atoms with E-state index in [1.54, 1.807) is 0 Å². The van der Waals surface area contributed by atoms with Crippen LogP contribution in [0.4, 0.5) is 0 Å². The third-order valence-electron chi connectivity index (χ3n) is 5.44. The van der Waals surface area contributed by atoms with Crippen LogP contribution in [0.15, 0.2) is 4.99 Å². The number of aliphatic hydroxyl groups excluding tert-OH is 1. The molecule has 1 saturated heterocycles. The lowest BCUT2D eigenvalue weighted by Crippen LogP contribution is -2.47. The first-order chi connectivity index (χ1) is 9.73. The van der Waals surface area contributed by atoms with E-state index in [0.717, 1.165) is 50.9 Å². The number of aliphatic imine (C=N–C) groups is 1. The van der Waals surface area contributed by atoms with E-state index in [-0.39, 0.29) is 30.1 Å². The van der Waals surface area contributed by atoms with Gasteiger partial charge in [-0.3, -0.25) is 4.99 Å². The average Bonchev–Trinajstić information content (AvgIpc) is 3.22. The molecule has 2 aliphatic carbocycles. The van der Waals surface area contributed by atoms with Crippen molar-refractivity contribution in [2.45, 2.75) is 58.0 Å². The van der Waals surface area contributed by atoms with Gasteiger partial charge in [-0.25, -0.2) is 0 Å². The van der Waals surface area contributed by atoms with E-state index in [0.29, 0.717) is 5.41 Å². The molecule has 0 aromatic rings. The molecule has 0 aromatic heterocycles. The lowest BCUT2D eigenvalue weighted by atomic mass is 9.65. The van der Waals surface area contributed by atoms with Crippen LogP contribution < -0.4 is 5.32 Å². The number of likely N-dealkylation sites (tertiary alicyclic amines) is 1. The predicted octanol–water partition coefficient (Wildman–Crippen LogP) is 2.61. The van der Waals surface area contributed by atoms with E-state index in [1.165, 1.54) is 32.1 Å². The number of piperidine rings is 1. The van der Waals surface area contributed by atoms with Crippen molar-refractivity contribution in [1.82, 2.24) is 10.2 Å². The molecule has 2 saturated carbocycles. The van der Waals surface area contributed by atoms with Gasteiger partial charge in [-0.05, 0) is 56.8 Å². The minimum atomic E-state index is -0.112. The smallest absolute Gasteiger partial charge is 0.193 e. The number of aliphatic hydroxyl groups is 1. The van der Waals surface area contributed by atoms with Crippen LogP contribution in [-0.4, -0.2) is 48.2 Å². The van der Waals surface area contributed by atoms with Crippen molar-refractivity contribution in [3.8, 4) is 0 Å². The normalized spacial score (nSPS) is 26.0. The second kappa shape index (κ2) is 7.49. The minimum Gasteiger partial charge on any atom is -0.393 e. The van der Waals surface area contributed by atoms with Crippen molar-refractivity contribution in [1.29, 1.82) is 0 Å². The van der Waals surface area contributed by atoms with E-state index in [2.05, 4.69) is 17.1 Å². The summed E-state index contributed by atoms with van der Waals surface area (Å²) in [5.41, 5.74) is 0.552. The van der Waals surface area contributed by atoms with Gasteiger partial charge in [0.15, 0.2) is 5.96 Å². The van der Waals surface area contributed by atoms with Crippen LogP contribution in [-0.2, 0) is 0 Å². The lowest BCUT2D eigenvalue weighted by molar-refractivity contribution is 0.104. The highest BCUT2D eigenvalue weighted by Gasteiger charge is 2.48. The Bertz CT molecular complexity index is 359. The van der Waals surface area contributed by atoms with Gasteiger partial charge in [0.25, 0.3) is 0 Å². The molecular formula is C16H30IN3O. The van der Waals surface area contributed by atoms with Gasteiger partial charge in [0.05, 0.1) is 6.10 Å². The van der Waals surface area contributed by atoms with Gasteiger partial charge in [0.1, 0.15) is 0 Å². The third kappa shape index (κ3) is 4.03. The maximum Gasteiger partial charge on any atom is 0.193 e. The Labute approximate surface area is 145 Å². The van der Waals surface area contributed by atoms with Crippen molar-refractivity contribution in [3.05, 3.63) is 0 Å². The fourth-order valence-electron chi connectivity index (χ4n) is 3.76. The quantitative estimate of drug-likeness (QED) is 0.428. The van der Waals surface area contributed by atoms with Crippen LogP contribution in [0.5, 0.6) is 0 Å². The van der Waals surface area contributed by atoms with Crippen LogP contribution >= 0.6 is 24.0 Å². The standard InChI is InChI=1S/C16H29N3O.HI/c1-2-17-15(19-10-6-14(20)7-11-19)18-12-16(8-3-9-16)13-4-5-13;/h13-14,20H,2-12H2,1H3,(H,17,18);1H. The number of halogens is 1. The molecule has 3 fully saturated rings. The first-order valence-corrected chi connectivity index (χ1v) is 8.45. The molecule has 0 unspecified atom stereocenters. The molecule has 2 N–H and O–H groups in total. The van der Waals surface area contributed by atoms with Crippen LogP contribution in [0.3, 0.4) is 0 Å². The Morgan fingerprint density at radius 1 is 1.24 bits per heavy atom. The minimum absolute atomic E-state index is 0. The predicted molar refractivity (Wildman–Crippen MR) is 97.2 cm³/mol. The first-order valence-electron chi connectivity index (χ1n) is 8.45. The SMILES string of the molecule is CCNC(=NCC1(C2CC2)CCC1)N1CCC(O)CC1.I. The molecule has 0 aromatic carbocycles. The molecule has 3 aliphatic rings. The molecule has 0 radical (unpaired) electrons. The molecule has 3 rings (SSSR count). The van der Waals surface area contributed by atoms with Gasteiger partial charge < -0.3 is 15.3 Å². The van der Waals surface area contributed by atoms with Crippen LogP contribution in [0.2, 0.25) is 0 Å². The summed E-state index contributed by atoms with van der Waals surface area (Å²) >= 11 is 0.